The molecule has 0 unspecified atom stereocenters. The molecule has 0 N–H and O–H groups in total. The molecule has 5 nitrogen and oxygen atoms in total. The number of rotatable bonds is 5. The van der Waals surface area contributed by atoms with Crippen LogP contribution in [0, 0.1) is 5.82 Å². The third-order valence-electron chi connectivity index (χ3n) is 5.99. The highest BCUT2D eigenvalue weighted by molar-refractivity contribution is 5.91. The molecule has 5 rings (SSSR count). The number of benzene rings is 3. The number of hydrogen-bond donors (Lipinski definition) is 0. The molecule has 0 aliphatic carbocycles. The fraction of sp³-hybridized carbons (Fsp3) is 0.222. The third-order valence-corrected chi connectivity index (χ3v) is 5.99. The second kappa shape index (κ2) is 9.17. The van der Waals surface area contributed by atoms with Crippen molar-refractivity contribution in [3.8, 4) is 28.2 Å². The number of morpholine rings is 1. The summed E-state index contributed by atoms with van der Waals surface area (Å²) in [5.41, 5.74) is 3.01. The largest absolute Gasteiger partial charge is 0.496 e. The topological polar surface area (TPSA) is 51.9 Å². The van der Waals surface area contributed by atoms with Gasteiger partial charge in [0.1, 0.15) is 22.9 Å². The molecule has 1 aliphatic rings. The Bertz CT molecular complexity index is 1330. The zero-order chi connectivity index (χ0) is 22.8. The summed E-state index contributed by atoms with van der Waals surface area (Å²) in [7, 11) is 1.61. The summed E-state index contributed by atoms with van der Waals surface area (Å²) in [6, 6.07) is 19.0. The predicted molar refractivity (Wildman–Crippen MR) is 126 cm³/mol. The van der Waals surface area contributed by atoms with Crippen LogP contribution in [0.3, 0.4) is 0 Å². The predicted octanol–water partition coefficient (Wildman–Crippen LogP) is 5.11. The number of fused-ring (bicyclic) bond motifs is 1. The van der Waals surface area contributed by atoms with Crippen molar-refractivity contribution in [3.05, 3.63) is 88.3 Å². The molecular formula is C27H24FNO4. The van der Waals surface area contributed by atoms with Crippen molar-refractivity contribution in [2.24, 2.45) is 0 Å². The minimum absolute atomic E-state index is 0.132. The quantitative estimate of drug-likeness (QED) is 0.428. The van der Waals surface area contributed by atoms with Crippen LogP contribution in [-0.2, 0) is 11.3 Å². The molecule has 6 heteroatoms. The molecule has 1 fully saturated rings. The van der Waals surface area contributed by atoms with Gasteiger partial charge >= 0.3 is 0 Å². The van der Waals surface area contributed by atoms with Crippen molar-refractivity contribution >= 4 is 11.0 Å². The highest BCUT2D eigenvalue weighted by atomic mass is 19.1. The van der Waals surface area contributed by atoms with Crippen LogP contribution in [0.2, 0.25) is 0 Å². The number of methoxy groups -OCH3 is 1. The Kier molecular flexibility index (Phi) is 5.94. The molecule has 0 radical (unpaired) electrons. The normalized spacial score (nSPS) is 14.5. The van der Waals surface area contributed by atoms with Crippen molar-refractivity contribution in [1.82, 2.24) is 4.90 Å². The summed E-state index contributed by atoms with van der Waals surface area (Å²) in [4.78, 5) is 16.1. The van der Waals surface area contributed by atoms with Crippen LogP contribution in [0.15, 0.2) is 75.9 Å². The Morgan fingerprint density at radius 1 is 0.939 bits per heavy atom. The van der Waals surface area contributed by atoms with Gasteiger partial charge in [0, 0.05) is 25.2 Å². The molecule has 4 aromatic rings. The highest BCUT2D eigenvalue weighted by Gasteiger charge is 2.23. The number of hydrogen-bond acceptors (Lipinski definition) is 5. The van der Waals surface area contributed by atoms with Crippen molar-refractivity contribution in [2.75, 3.05) is 33.4 Å². The molecule has 0 atom stereocenters. The highest BCUT2D eigenvalue weighted by Crippen LogP contribution is 2.36. The minimum Gasteiger partial charge on any atom is -0.496 e. The molecule has 168 valence electrons. The second-order valence-corrected chi connectivity index (χ2v) is 8.02. The van der Waals surface area contributed by atoms with E-state index in [0.29, 0.717) is 53.4 Å². The molecule has 1 aliphatic heterocycles. The monoisotopic (exact) mass is 445 g/mol. The first-order valence-corrected chi connectivity index (χ1v) is 10.9. The van der Waals surface area contributed by atoms with E-state index in [1.165, 1.54) is 12.1 Å². The first kappa shape index (κ1) is 21.4. The van der Waals surface area contributed by atoms with Gasteiger partial charge in [0.05, 0.1) is 36.8 Å². The summed E-state index contributed by atoms with van der Waals surface area (Å²) in [6.07, 6.45) is 0. The lowest BCUT2D eigenvalue weighted by atomic mass is 9.97. The van der Waals surface area contributed by atoms with Gasteiger partial charge in [0.25, 0.3) is 0 Å². The Labute approximate surface area is 191 Å². The van der Waals surface area contributed by atoms with Gasteiger partial charge in [0.15, 0.2) is 0 Å². The zero-order valence-corrected chi connectivity index (χ0v) is 18.3. The third kappa shape index (κ3) is 4.15. The van der Waals surface area contributed by atoms with Crippen LogP contribution >= 0.6 is 0 Å². The van der Waals surface area contributed by atoms with E-state index in [2.05, 4.69) is 4.90 Å². The Hall–Kier alpha value is -3.48. The van der Waals surface area contributed by atoms with Crippen molar-refractivity contribution in [3.63, 3.8) is 0 Å². The summed E-state index contributed by atoms with van der Waals surface area (Å²) in [5.74, 6) is 0.725. The van der Waals surface area contributed by atoms with E-state index in [1.54, 1.807) is 25.3 Å². The molecule has 1 saturated heterocycles. The number of ether oxygens (including phenoxy) is 2. The van der Waals surface area contributed by atoms with Crippen molar-refractivity contribution < 1.29 is 18.3 Å². The molecule has 3 aromatic carbocycles. The molecule has 33 heavy (non-hydrogen) atoms. The molecule has 0 amide bonds. The van der Waals surface area contributed by atoms with Gasteiger partial charge < -0.3 is 13.9 Å². The van der Waals surface area contributed by atoms with Crippen LogP contribution in [0.25, 0.3) is 33.4 Å². The van der Waals surface area contributed by atoms with Crippen LogP contribution in [0.5, 0.6) is 5.75 Å². The summed E-state index contributed by atoms with van der Waals surface area (Å²) in [6.45, 7) is 3.47. The van der Waals surface area contributed by atoms with Crippen molar-refractivity contribution in [1.29, 1.82) is 0 Å². The smallest absolute Gasteiger partial charge is 0.201 e. The van der Waals surface area contributed by atoms with E-state index in [0.717, 1.165) is 24.2 Å². The lowest BCUT2D eigenvalue weighted by Gasteiger charge is -2.27. The van der Waals surface area contributed by atoms with Gasteiger partial charge in [-0.2, -0.15) is 0 Å². The fourth-order valence-corrected chi connectivity index (χ4v) is 4.29. The maximum absolute atomic E-state index is 13.8. The first-order chi connectivity index (χ1) is 16.2. The maximum atomic E-state index is 13.8. The van der Waals surface area contributed by atoms with Gasteiger partial charge in [-0.25, -0.2) is 4.39 Å². The van der Waals surface area contributed by atoms with Crippen LogP contribution < -0.4 is 10.2 Å². The minimum atomic E-state index is -0.349. The van der Waals surface area contributed by atoms with E-state index in [1.807, 2.05) is 36.4 Å². The molecule has 0 saturated carbocycles. The van der Waals surface area contributed by atoms with Gasteiger partial charge in [-0.1, -0.05) is 30.3 Å². The first-order valence-electron chi connectivity index (χ1n) is 10.9. The molecule has 1 aromatic heterocycles. The summed E-state index contributed by atoms with van der Waals surface area (Å²) in [5, 5.41) is 0.490. The fourth-order valence-electron chi connectivity index (χ4n) is 4.29. The van der Waals surface area contributed by atoms with Gasteiger partial charge in [0.2, 0.25) is 5.43 Å². The zero-order valence-electron chi connectivity index (χ0n) is 18.3. The number of nitrogens with zero attached hydrogens (tertiary/aromatic N) is 1. The summed E-state index contributed by atoms with van der Waals surface area (Å²) < 4.78 is 31.3. The lowest BCUT2D eigenvalue weighted by molar-refractivity contribution is 0.0339. The van der Waals surface area contributed by atoms with Gasteiger partial charge in [-0.3, -0.25) is 9.69 Å². The molecule has 2 heterocycles. The Balaban J connectivity index is 1.78. The summed E-state index contributed by atoms with van der Waals surface area (Å²) >= 11 is 0. The lowest BCUT2D eigenvalue weighted by Crippen LogP contribution is -2.35. The molecule has 0 bridgehead atoms. The average Bonchev–Trinajstić information content (AvgIpc) is 2.86. The van der Waals surface area contributed by atoms with Gasteiger partial charge in [-0.05, 0) is 42.0 Å². The van der Waals surface area contributed by atoms with E-state index >= 15 is 0 Å². The molecular weight excluding hydrogens is 421 g/mol. The van der Waals surface area contributed by atoms with E-state index in [-0.39, 0.29) is 11.2 Å². The standard InChI is InChI=1S/C27H24FNO4/c1-31-23-12-11-21-25(30)24(18-5-3-2-4-6-18)26(19-7-9-20(28)10-8-19)33-27(21)22(23)17-29-13-15-32-16-14-29/h2-12H,13-17H2,1H3. The van der Waals surface area contributed by atoms with E-state index in [9.17, 15) is 9.18 Å². The van der Waals surface area contributed by atoms with Crippen LogP contribution in [0.4, 0.5) is 4.39 Å². The average molecular weight is 445 g/mol. The number of halogens is 1. The maximum Gasteiger partial charge on any atom is 0.201 e. The van der Waals surface area contributed by atoms with E-state index in [4.69, 9.17) is 13.9 Å². The van der Waals surface area contributed by atoms with E-state index < -0.39 is 0 Å². The van der Waals surface area contributed by atoms with Crippen LogP contribution in [-0.4, -0.2) is 38.3 Å². The molecule has 0 spiro atoms. The SMILES string of the molecule is COc1ccc2c(=O)c(-c3ccccc3)c(-c3ccc(F)cc3)oc2c1CN1CCOCC1. The second-order valence-electron chi connectivity index (χ2n) is 8.02. The Morgan fingerprint density at radius 2 is 1.67 bits per heavy atom. The van der Waals surface area contributed by atoms with Crippen molar-refractivity contribution in [2.45, 2.75) is 6.54 Å². The van der Waals surface area contributed by atoms with Crippen LogP contribution in [0.1, 0.15) is 5.56 Å². The Morgan fingerprint density at radius 3 is 2.36 bits per heavy atom. The van der Waals surface area contributed by atoms with Gasteiger partial charge in [-0.15, -0.1) is 0 Å².